The van der Waals surface area contributed by atoms with E-state index < -0.39 is 0 Å². The second-order valence-corrected chi connectivity index (χ2v) is 8.65. The Morgan fingerprint density at radius 2 is 1.82 bits per heavy atom. The van der Waals surface area contributed by atoms with E-state index in [0.717, 1.165) is 10.2 Å². The summed E-state index contributed by atoms with van der Waals surface area (Å²) in [6.45, 7) is 0. The van der Waals surface area contributed by atoms with Gasteiger partial charge in [0.15, 0.2) is 0 Å². The van der Waals surface area contributed by atoms with E-state index in [1.54, 1.807) is 0 Å². The first-order valence-electron chi connectivity index (χ1n) is 7.12. The number of hydrogen-bond donors (Lipinski definition) is 1. The third-order valence-corrected chi connectivity index (χ3v) is 6.86. The number of carbonyl (C=O) groups excluding carboxylic acids is 1. The monoisotopic (exact) mass is 393 g/mol. The number of carbonyl (C=O) groups is 1. The number of amides is 1. The van der Waals surface area contributed by atoms with Gasteiger partial charge in [-0.05, 0) is 53.8 Å². The lowest BCUT2D eigenvalue weighted by Gasteiger charge is -2.21. The molecule has 0 unspecified atom stereocenters. The summed E-state index contributed by atoms with van der Waals surface area (Å²) in [6, 6.07) is 15.6. The van der Waals surface area contributed by atoms with Crippen molar-refractivity contribution in [2.75, 3.05) is 16.8 Å². The van der Waals surface area contributed by atoms with Crippen LogP contribution >= 0.6 is 39.5 Å². The second kappa shape index (κ2) is 7.57. The van der Waals surface area contributed by atoms with Crippen LogP contribution in [0.4, 0.5) is 5.69 Å². The van der Waals surface area contributed by atoms with Crippen molar-refractivity contribution >= 4 is 51.0 Å². The molecule has 0 aromatic heterocycles. The van der Waals surface area contributed by atoms with Crippen LogP contribution in [0.1, 0.15) is 26.9 Å². The summed E-state index contributed by atoms with van der Waals surface area (Å²) in [5, 5.41) is 2.92. The molecule has 0 spiro atoms. The fourth-order valence-electron chi connectivity index (χ4n) is 2.24. The molecule has 1 heterocycles. The molecule has 0 saturated carbocycles. The van der Waals surface area contributed by atoms with Crippen LogP contribution < -0.4 is 5.32 Å². The molecule has 3 rings (SSSR count). The Morgan fingerprint density at radius 3 is 2.50 bits per heavy atom. The van der Waals surface area contributed by atoms with Gasteiger partial charge in [0.05, 0.1) is 4.58 Å². The second-order valence-electron chi connectivity index (χ2n) is 5.01. The number of benzene rings is 2. The van der Waals surface area contributed by atoms with Gasteiger partial charge in [-0.2, -0.15) is 0 Å². The van der Waals surface area contributed by atoms with Gasteiger partial charge in [-0.25, -0.2) is 0 Å². The summed E-state index contributed by atoms with van der Waals surface area (Å²) in [7, 11) is 0. The maximum Gasteiger partial charge on any atom is 0.255 e. The fourth-order valence-corrected chi connectivity index (χ4v) is 5.53. The van der Waals surface area contributed by atoms with E-state index in [2.05, 4.69) is 33.4 Å². The van der Waals surface area contributed by atoms with Crippen molar-refractivity contribution in [1.82, 2.24) is 0 Å². The quantitative estimate of drug-likeness (QED) is 0.738. The van der Waals surface area contributed by atoms with Gasteiger partial charge in [-0.3, -0.25) is 4.79 Å². The van der Waals surface area contributed by atoms with Gasteiger partial charge in [0, 0.05) is 15.7 Å². The van der Waals surface area contributed by atoms with Gasteiger partial charge in [-0.1, -0.05) is 34.1 Å². The van der Waals surface area contributed by atoms with E-state index in [1.165, 1.54) is 23.5 Å². The zero-order chi connectivity index (χ0) is 15.4. The molecule has 1 aliphatic rings. The van der Waals surface area contributed by atoms with Gasteiger partial charge in [0.25, 0.3) is 5.91 Å². The molecule has 5 heteroatoms. The highest BCUT2D eigenvalue weighted by Gasteiger charge is 2.17. The van der Waals surface area contributed by atoms with Crippen molar-refractivity contribution in [1.29, 1.82) is 0 Å². The highest BCUT2D eigenvalue weighted by molar-refractivity contribution is 9.10. The minimum atomic E-state index is -0.0754. The molecule has 1 aliphatic heterocycles. The lowest BCUT2D eigenvalue weighted by molar-refractivity contribution is 0.102. The van der Waals surface area contributed by atoms with E-state index in [1.807, 2.05) is 59.9 Å². The molecule has 2 aromatic rings. The Labute approximate surface area is 147 Å². The van der Waals surface area contributed by atoms with Gasteiger partial charge in [-0.15, -0.1) is 23.5 Å². The molecule has 0 radical (unpaired) electrons. The number of nitrogens with one attached hydrogen (secondary N) is 1. The minimum absolute atomic E-state index is 0.0754. The van der Waals surface area contributed by atoms with Crippen LogP contribution in [0, 0.1) is 0 Å². The van der Waals surface area contributed by atoms with Crippen molar-refractivity contribution < 1.29 is 4.79 Å². The standard InChI is InChI=1S/C17H16BrNOS2/c18-14-3-1-4-15(11-14)19-16(20)12-5-7-13(8-6-12)17-21-9-2-10-22-17/h1,3-8,11,17H,2,9-10H2,(H,19,20). The Bertz CT molecular complexity index is 654. The summed E-state index contributed by atoms with van der Waals surface area (Å²) in [5.74, 6) is 2.37. The number of halogens is 1. The first-order valence-corrected chi connectivity index (χ1v) is 10.0. The first kappa shape index (κ1) is 16.0. The van der Waals surface area contributed by atoms with Crippen LogP contribution in [0.3, 0.4) is 0 Å². The Hall–Kier alpha value is -0.910. The van der Waals surface area contributed by atoms with Crippen molar-refractivity contribution in [3.05, 3.63) is 64.1 Å². The summed E-state index contributed by atoms with van der Waals surface area (Å²) in [6.07, 6.45) is 1.29. The normalized spacial score (nSPS) is 15.5. The smallest absolute Gasteiger partial charge is 0.255 e. The van der Waals surface area contributed by atoms with Crippen LogP contribution in [-0.2, 0) is 0 Å². The third kappa shape index (κ3) is 4.09. The summed E-state index contributed by atoms with van der Waals surface area (Å²) < 4.78 is 1.46. The molecule has 0 atom stereocenters. The number of hydrogen-bond acceptors (Lipinski definition) is 3. The van der Waals surface area contributed by atoms with Gasteiger partial charge >= 0.3 is 0 Å². The van der Waals surface area contributed by atoms with Crippen molar-refractivity contribution in [3.63, 3.8) is 0 Å². The molecule has 0 aliphatic carbocycles. The van der Waals surface area contributed by atoms with Crippen LogP contribution in [0.25, 0.3) is 0 Å². The van der Waals surface area contributed by atoms with Gasteiger partial charge in [0.1, 0.15) is 0 Å². The van der Waals surface area contributed by atoms with Gasteiger partial charge < -0.3 is 5.32 Å². The van der Waals surface area contributed by atoms with Crippen molar-refractivity contribution in [3.8, 4) is 0 Å². The lowest BCUT2D eigenvalue weighted by atomic mass is 10.1. The Kier molecular flexibility index (Phi) is 5.50. The molecule has 114 valence electrons. The maximum absolute atomic E-state index is 12.3. The van der Waals surface area contributed by atoms with Crippen LogP contribution in [0.2, 0.25) is 0 Å². The van der Waals surface area contributed by atoms with Crippen LogP contribution in [0.5, 0.6) is 0 Å². The topological polar surface area (TPSA) is 29.1 Å². The van der Waals surface area contributed by atoms with Gasteiger partial charge in [0.2, 0.25) is 0 Å². The van der Waals surface area contributed by atoms with Crippen LogP contribution in [-0.4, -0.2) is 17.4 Å². The number of rotatable bonds is 3. The third-order valence-electron chi connectivity index (χ3n) is 3.35. The van der Waals surface area contributed by atoms with E-state index in [0.29, 0.717) is 10.1 Å². The van der Waals surface area contributed by atoms with Crippen LogP contribution in [0.15, 0.2) is 53.0 Å². The average molecular weight is 394 g/mol. The predicted molar refractivity (Wildman–Crippen MR) is 101 cm³/mol. The Balaban J connectivity index is 1.68. The fraction of sp³-hybridized carbons (Fsp3) is 0.235. The molecule has 1 saturated heterocycles. The summed E-state index contributed by atoms with van der Waals surface area (Å²) >= 11 is 7.39. The summed E-state index contributed by atoms with van der Waals surface area (Å²) in [4.78, 5) is 12.3. The molecule has 2 aromatic carbocycles. The summed E-state index contributed by atoms with van der Waals surface area (Å²) in [5.41, 5.74) is 2.78. The highest BCUT2D eigenvalue weighted by Crippen LogP contribution is 2.43. The zero-order valence-corrected chi connectivity index (χ0v) is 15.1. The highest BCUT2D eigenvalue weighted by atomic mass is 79.9. The van der Waals surface area contributed by atoms with Crippen molar-refractivity contribution in [2.24, 2.45) is 0 Å². The number of thioether (sulfide) groups is 2. The molecule has 0 bridgehead atoms. The number of anilines is 1. The van der Waals surface area contributed by atoms with Crippen molar-refractivity contribution in [2.45, 2.75) is 11.0 Å². The average Bonchev–Trinajstić information content (AvgIpc) is 2.56. The molecule has 1 fully saturated rings. The molecular weight excluding hydrogens is 378 g/mol. The van der Waals surface area contributed by atoms with E-state index in [-0.39, 0.29) is 5.91 Å². The van der Waals surface area contributed by atoms with E-state index in [4.69, 9.17) is 0 Å². The molecule has 22 heavy (non-hydrogen) atoms. The molecule has 1 N–H and O–H groups in total. The zero-order valence-electron chi connectivity index (χ0n) is 11.9. The Morgan fingerprint density at radius 1 is 1.09 bits per heavy atom. The SMILES string of the molecule is O=C(Nc1cccc(Br)c1)c1ccc(C2SCCCS2)cc1. The predicted octanol–water partition coefficient (Wildman–Crippen LogP) is 5.57. The minimum Gasteiger partial charge on any atom is -0.322 e. The molecular formula is C17H16BrNOS2. The maximum atomic E-state index is 12.3. The van der Waals surface area contributed by atoms with E-state index >= 15 is 0 Å². The molecule has 1 amide bonds. The largest absolute Gasteiger partial charge is 0.322 e. The first-order chi connectivity index (χ1) is 10.7. The lowest BCUT2D eigenvalue weighted by Crippen LogP contribution is -2.12. The molecule has 2 nitrogen and oxygen atoms in total. The van der Waals surface area contributed by atoms with E-state index in [9.17, 15) is 4.79 Å².